The lowest BCUT2D eigenvalue weighted by Crippen LogP contribution is -2.33. The largest absolute Gasteiger partial charge is 0.457 e. The van der Waals surface area contributed by atoms with E-state index in [4.69, 9.17) is 14.3 Å². The first-order valence-electron chi connectivity index (χ1n) is 9.82. The number of para-hydroxylation sites is 1. The Labute approximate surface area is 164 Å². The Morgan fingerprint density at radius 1 is 1.21 bits per heavy atom. The first-order chi connectivity index (χ1) is 13.4. The Bertz CT molecular complexity index is 1030. The van der Waals surface area contributed by atoms with Crippen LogP contribution in [0.1, 0.15) is 67.0 Å². The Morgan fingerprint density at radius 2 is 2.00 bits per heavy atom. The quantitative estimate of drug-likeness (QED) is 0.602. The molecule has 144 valence electrons. The molecule has 2 heterocycles. The van der Waals surface area contributed by atoms with Crippen LogP contribution in [-0.4, -0.2) is 15.7 Å². The normalized spacial score (nSPS) is 24.3. The van der Waals surface area contributed by atoms with Gasteiger partial charge in [0.1, 0.15) is 12.3 Å². The minimum Gasteiger partial charge on any atom is -0.457 e. The molecule has 1 aromatic carbocycles. The van der Waals surface area contributed by atoms with Gasteiger partial charge in [-0.25, -0.2) is 9.48 Å². The minimum atomic E-state index is -0.457. The number of fused-ring (bicyclic) bond motifs is 5. The standard InChI is InChI=1S/C23H24N2O3/c1-22(2)16-11-12-23(22,3)20-19(16)17(14-28-21(26)18-10-7-13-27-18)24-25(20)15-8-5-4-6-9-15/h4-10,13,16H,11-12,14H2,1-3H3/t16-,23-/m1/s1. The van der Waals surface area contributed by atoms with Gasteiger partial charge in [0.25, 0.3) is 0 Å². The van der Waals surface area contributed by atoms with E-state index in [-0.39, 0.29) is 23.2 Å². The molecule has 2 aliphatic rings. The summed E-state index contributed by atoms with van der Waals surface area (Å²) in [7, 11) is 0. The van der Waals surface area contributed by atoms with Gasteiger partial charge < -0.3 is 9.15 Å². The van der Waals surface area contributed by atoms with Crippen molar-refractivity contribution in [3.8, 4) is 5.69 Å². The molecule has 2 bridgehead atoms. The van der Waals surface area contributed by atoms with Crippen molar-refractivity contribution in [2.75, 3.05) is 0 Å². The van der Waals surface area contributed by atoms with Crippen molar-refractivity contribution in [2.24, 2.45) is 5.41 Å². The highest BCUT2D eigenvalue weighted by molar-refractivity contribution is 5.86. The first kappa shape index (κ1) is 17.3. The van der Waals surface area contributed by atoms with E-state index in [0.29, 0.717) is 5.92 Å². The van der Waals surface area contributed by atoms with Crippen molar-refractivity contribution < 1.29 is 13.9 Å². The third-order valence-corrected chi connectivity index (χ3v) is 7.16. The van der Waals surface area contributed by atoms with Gasteiger partial charge in [-0.1, -0.05) is 39.0 Å². The molecule has 5 heteroatoms. The molecular formula is C23H24N2O3. The number of ether oxygens (including phenoxy) is 1. The van der Waals surface area contributed by atoms with Crippen LogP contribution in [0.2, 0.25) is 0 Å². The van der Waals surface area contributed by atoms with Gasteiger partial charge in [0, 0.05) is 11.0 Å². The highest BCUT2D eigenvalue weighted by Gasteiger charge is 2.62. The monoisotopic (exact) mass is 376 g/mol. The molecule has 28 heavy (non-hydrogen) atoms. The van der Waals surface area contributed by atoms with E-state index in [1.54, 1.807) is 12.1 Å². The second kappa shape index (κ2) is 5.84. The number of hydrogen-bond acceptors (Lipinski definition) is 4. The van der Waals surface area contributed by atoms with Crippen LogP contribution < -0.4 is 0 Å². The maximum atomic E-state index is 12.3. The van der Waals surface area contributed by atoms with Crippen LogP contribution >= 0.6 is 0 Å². The molecule has 1 saturated carbocycles. The molecule has 0 amide bonds. The third-order valence-electron chi connectivity index (χ3n) is 7.16. The lowest BCUT2D eigenvalue weighted by Gasteiger charge is -2.35. The number of esters is 1. The highest BCUT2D eigenvalue weighted by Crippen LogP contribution is 2.68. The zero-order valence-corrected chi connectivity index (χ0v) is 16.4. The predicted molar refractivity (Wildman–Crippen MR) is 104 cm³/mol. The first-order valence-corrected chi connectivity index (χ1v) is 9.82. The van der Waals surface area contributed by atoms with E-state index in [1.807, 2.05) is 18.2 Å². The van der Waals surface area contributed by atoms with Gasteiger partial charge in [0.05, 0.1) is 17.6 Å². The third kappa shape index (κ3) is 2.19. The molecule has 5 nitrogen and oxygen atoms in total. The number of benzene rings is 1. The van der Waals surface area contributed by atoms with E-state index in [2.05, 4.69) is 37.6 Å². The molecule has 0 saturated heterocycles. The van der Waals surface area contributed by atoms with Gasteiger partial charge in [-0.3, -0.25) is 0 Å². The molecule has 0 unspecified atom stereocenters. The molecule has 2 atom stereocenters. The van der Waals surface area contributed by atoms with Crippen molar-refractivity contribution >= 4 is 5.97 Å². The molecule has 1 fully saturated rings. The summed E-state index contributed by atoms with van der Waals surface area (Å²) >= 11 is 0. The van der Waals surface area contributed by atoms with Gasteiger partial charge in [-0.05, 0) is 48.4 Å². The van der Waals surface area contributed by atoms with Gasteiger partial charge >= 0.3 is 5.97 Å². The lowest BCUT2D eigenvalue weighted by molar-refractivity contribution is 0.0429. The number of rotatable bonds is 4. The van der Waals surface area contributed by atoms with E-state index < -0.39 is 5.97 Å². The van der Waals surface area contributed by atoms with Crippen LogP contribution in [0.25, 0.3) is 5.69 Å². The molecule has 0 spiro atoms. The van der Waals surface area contributed by atoms with Crippen LogP contribution in [0, 0.1) is 5.41 Å². The summed E-state index contributed by atoms with van der Waals surface area (Å²) in [5, 5.41) is 4.92. The average molecular weight is 376 g/mol. The zero-order chi connectivity index (χ0) is 19.5. The summed E-state index contributed by atoms with van der Waals surface area (Å²) in [6.07, 6.45) is 3.78. The van der Waals surface area contributed by atoms with Gasteiger partial charge in [0.2, 0.25) is 5.76 Å². The maximum Gasteiger partial charge on any atom is 0.374 e. The summed E-state index contributed by atoms with van der Waals surface area (Å²) < 4.78 is 12.8. The van der Waals surface area contributed by atoms with E-state index in [0.717, 1.165) is 24.2 Å². The van der Waals surface area contributed by atoms with Crippen molar-refractivity contribution in [2.45, 2.75) is 51.6 Å². The number of aromatic nitrogens is 2. The molecule has 0 N–H and O–H groups in total. The zero-order valence-electron chi connectivity index (χ0n) is 16.4. The van der Waals surface area contributed by atoms with Crippen molar-refractivity contribution in [1.82, 2.24) is 9.78 Å². The van der Waals surface area contributed by atoms with Crippen LogP contribution in [0.5, 0.6) is 0 Å². The molecule has 2 aromatic heterocycles. The number of hydrogen-bond donors (Lipinski definition) is 0. The Morgan fingerprint density at radius 3 is 2.71 bits per heavy atom. The number of carbonyl (C=O) groups excluding carboxylic acids is 1. The summed E-state index contributed by atoms with van der Waals surface area (Å²) in [5.41, 5.74) is 4.67. The highest BCUT2D eigenvalue weighted by atomic mass is 16.5. The Balaban J connectivity index is 1.58. The summed E-state index contributed by atoms with van der Waals surface area (Å²) in [5.74, 6) is 0.192. The molecule has 3 aromatic rings. The summed E-state index contributed by atoms with van der Waals surface area (Å²) in [6, 6.07) is 13.5. The second-order valence-electron chi connectivity index (χ2n) is 8.65. The molecule has 5 rings (SSSR count). The Kier molecular flexibility index (Phi) is 3.60. The summed E-state index contributed by atoms with van der Waals surface area (Å²) in [6.45, 7) is 7.24. The minimum absolute atomic E-state index is 0.0547. The molecule has 0 radical (unpaired) electrons. The van der Waals surface area contributed by atoms with Crippen molar-refractivity contribution in [3.05, 3.63) is 71.4 Å². The summed E-state index contributed by atoms with van der Waals surface area (Å²) in [4.78, 5) is 12.3. The molecule has 2 aliphatic carbocycles. The number of furan rings is 1. The van der Waals surface area contributed by atoms with Gasteiger partial charge in [-0.2, -0.15) is 5.10 Å². The van der Waals surface area contributed by atoms with E-state index in [1.165, 1.54) is 17.5 Å². The van der Waals surface area contributed by atoms with Gasteiger partial charge in [0.15, 0.2) is 0 Å². The van der Waals surface area contributed by atoms with Gasteiger partial charge in [-0.15, -0.1) is 0 Å². The van der Waals surface area contributed by atoms with Crippen molar-refractivity contribution in [1.29, 1.82) is 0 Å². The molecular weight excluding hydrogens is 352 g/mol. The van der Waals surface area contributed by atoms with Crippen LogP contribution in [-0.2, 0) is 16.8 Å². The van der Waals surface area contributed by atoms with Crippen LogP contribution in [0.15, 0.2) is 53.1 Å². The lowest BCUT2D eigenvalue weighted by atomic mass is 9.70. The smallest absolute Gasteiger partial charge is 0.374 e. The fraction of sp³-hybridized carbons (Fsp3) is 0.391. The maximum absolute atomic E-state index is 12.3. The Hall–Kier alpha value is -2.82. The van der Waals surface area contributed by atoms with E-state index in [9.17, 15) is 4.79 Å². The average Bonchev–Trinajstić information content (AvgIpc) is 3.42. The van der Waals surface area contributed by atoms with Crippen LogP contribution in [0.4, 0.5) is 0 Å². The van der Waals surface area contributed by atoms with Crippen molar-refractivity contribution in [3.63, 3.8) is 0 Å². The fourth-order valence-corrected chi connectivity index (χ4v) is 5.26. The van der Waals surface area contributed by atoms with Crippen LogP contribution in [0.3, 0.4) is 0 Å². The van der Waals surface area contributed by atoms with E-state index >= 15 is 0 Å². The number of carbonyl (C=O) groups is 1. The molecule has 0 aliphatic heterocycles. The fourth-order valence-electron chi connectivity index (χ4n) is 5.26. The predicted octanol–water partition coefficient (Wildman–Crippen LogP) is 5.00. The number of nitrogens with zero attached hydrogens (tertiary/aromatic N) is 2. The topological polar surface area (TPSA) is 57.3 Å². The SMILES string of the molecule is CC1(C)[C@@H]2CC[C@]1(C)c1c2c(COC(=O)c2ccco2)nn1-c1ccccc1. The second-order valence-corrected chi connectivity index (χ2v) is 8.65.